The van der Waals surface area contributed by atoms with Gasteiger partial charge in [0.1, 0.15) is 11.4 Å². The van der Waals surface area contributed by atoms with Gasteiger partial charge in [-0.25, -0.2) is 16.3 Å². The largest absolute Gasteiger partial charge is 0.381 e. The van der Waals surface area contributed by atoms with Gasteiger partial charge in [0.05, 0.1) is 11.4 Å². The van der Waals surface area contributed by atoms with Gasteiger partial charge in [-0.1, -0.05) is 39.7 Å². The number of nitrogens with one attached hydrogen (secondary N) is 2. The molecule has 0 atom stereocenters. The van der Waals surface area contributed by atoms with Crippen LogP contribution in [0.1, 0.15) is 18.4 Å². The summed E-state index contributed by atoms with van der Waals surface area (Å²) in [6.45, 7) is 1.90. The minimum atomic E-state index is -0.423. The number of aliphatic imine (C=N–C) groups is 1. The first-order valence-corrected chi connectivity index (χ1v) is 10.0. The average molecular weight is 451 g/mol. The monoisotopic (exact) mass is 449 g/mol. The van der Waals surface area contributed by atoms with Crippen molar-refractivity contribution < 1.29 is 4.74 Å². The molecule has 0 unspecified atom stereocenters. The van der Waals surface area contributed by atoms with E-state index in [2.05, 4.69) is 26.8 Å². The van der Waals surface area contributed by atoms with E-state index in [1.807, 2.05) is 47.5 Å². The minimum absolute atomic E-state index is 0.423. The van der Waals surface area contributed by atoms with E-state index in [1.165, 1.54) is 0 Å². The van der Waals surface area contributed by atoms with Crippen LogP contribution in [-0.4, -0.2) is 24.6 Å². The van der Waals surface area contributed by atoms with Crippen molar-refractivity contribution in [2.75, 3.05) is 18.2 Å². The van der Waals surface area contributed by atoms with E-state index in [9.17, 15) is 0 Å². The summed E-state index contributed by atoms with van der Waals surface area (Å²) >= 11 is 9.59. The molecule has 0 amide bonds. The van der Waals surface area contributed by atoms with Crippen molar-refractivity contribution in [3.63, 3.8) is 0 Å². The summed E-state index contributed by atoms with van der Waals surface area (Å²) in [5.74, 6) is 7.42. The van der Waals surface area contributed by atoms with Crippen molar-refractivity contribution in [1.29, 1.82) is 0 Å². The maximum absolute atomic E-state index is 6.61. The molecule has 1 saturated heterocycles. The summed E-state index contributed by atoms with van der Waals surface area (Å²) in [7, 11) is 0. The van der Waals surface area contributed by atoms with E-state index in [-0.39, 0.29) is 0 Å². The van der Waals surface area contributed by atoms with Crippen LogP contribution in [0.3, 0.4) is 0 Å². The number of hydrogen-bond donors (Lipinski definition) is 3. The standard InChI is InChI=1S/C19H21BrClN5O/c20-14-4-5-16-17(11-14)26(22)19(6-8-27-9-7-19)18(24-16)25-23-12-13-2-1-3-15(21)10-13/h1-5,10-11,23H,6-9,12,22H2,(H,24,25). The molecule has 4 rings (SSSR count). The number of nitrogens with zero attached hydrogens (tertiary/aromatic N) is 2. The lowest BCUT2D eigenvalue weighted by molar-refractivity contribution is 0.0686. The summed E-state index contributed by atoms with van der Waals surface area (Å²) in [5, 5.41) is 2.56. The first kappa shape index (κ1) is 18.7. The molecule has 0 saturated carbocycles. The third kappa shape index (κ3) is 3.70. The Morgan fingerprint density at radius 3 is 2.81 bits per heavy atom. The zero-order valence-electron chi connectivity index (χ0n) is 14.7. The molecule has 2 aromatic carbocycles. The van der Waals surface area contributed by atoms with Crippen molar-refractivity contribution in [3.05, 3.63) is 57.5 Å². The van der Waals surface area contributed by atoms with Crippen molar-refractivity contribution in [2.24, 2.45) is 10.8 Å². The van der Waals surface area contributed by atoms with Crippen LogP contribution in [0.25, 0.3) is 0 Å². The molecule has 2 aliphatic rings. The number of rotatable bonds is 3. The quantitative estimate of drug-likeness (QED) is 0.491. The van der Waals surface area contributed by atoms with E-state index < -0.39 is 5.54 Å². The van der Waals surface area contributed by atoms with E-state index in [4.69, 9.17) is 27.2 Å². The second-order valence-electron chi connectivity index (χ2n) is 6.72. The average Bonchev–Trinajstić information content (AvgIpc) is 2.67. The summed E-state index contributed by atoms with van der Waals surface area (Å²) in [5.41, 5.74) is 8.97. The molecule has 0 radical (unpaired) electrons. The molecule has 1 fully saturated rings. The van der Waals surface area contributed by atoms with Gasteiger partial charge >= 0.3 is 0 Å². The predicted molar refractivity (Wildman–Crippen MR) is 112 cm³/mol. The maximum Gasteiger partial charge on any atom is 0.144 e. The molecular formula is C19H21BrClN5O. The summed E-state index contributed by atoms with van der Waals surface area (Å²) < 4.78 is 6.56. The van der Waals surface area contributed by atoms with Crippen LogP contribution in [0, 0.1) is 0 Å². The van der Waals surface area contributed by atoms with Gasteiger partial charge in [-0.15, -0.1) is 0 Å². The highest BCUT2D eigenvalue weighted by atomic mass is 79.9. The van der Waals surface area contributed by atoms with Gasteiger partial charge in [0, 0.05) is 42.1 Å². The highest BCUT2D eigenvalue weighted by Crippen LogP contribution is 2.42. The van der Waals surface area contributed by atoms with Crippen LogP contribution >= 0.6 is 27.5 Å². The fraction of sp³-hybridized carbons (Fsp3) is 0.316. The lowest BCUT2D eigenvalue weighted by Gasteiger charge is -2.47. The number of hydrogen-bond acceptors (Lipinski definition) is 6. The van der Waals surface area contributed by atoms with Crippen molar-refractivity contribution >= 4 is 44.7 Å². The Labute approximate surface area is 171 Å². The first-order valence-electron chi connectivity index (χ1n) is 8.83. The highest BCUT2D eigenvalue weighted by Gasteiger charge is 2.46. The number of benzene rings is 2. The number of nitrogens with two attached hydrogens (primary N) is 1. The molecule has 6 nitrogen and oxygen atoms in total. The van der Waals surface area contributed by atoms with Crippen LogP contribution in [0.2, 0.25) is 5.02 Å². The molecule has 2 heterocycles. The van der Waals surface area contributed by atoms with Gasteiger partial charge in [0.2, 0.25) is 0 Å². The fourth-order valence-electron chi connectivity index (χ4n) is 3.56. The Morgan fingerprint density at radius 2 is 2.04 bits per heavy atom. The predicted octanol–water partition coefficient (Wildman–Crippen LogP) is 3.67. The molecule has 1 spiro atoms. The Bertz CT molecular complexity index is 869. The summed E-state index contributed by atoms with van der Waals surface area (Å²) in [6.07, 6.45) is 1.53. The smallest absolute Gasteiger partial charge is 0.144 e. The van der Waals surface area contributed by atoms with E-state index in [1.54, 1.807) is 0 Å². The summed E-state index contributed by atoms with van der Waals surface area (Å²) in [6, 6.07) is 13.7. The molecule has 0 aromatic heterocycles. The van der Waals surface area contributed by atoms with Crippen LogP contribution in [0.15, 0.2) is 51.9 Å². The van der Waals surface area contributed by atoms with Gasteiger partial charge in [-0.3, -0.25) is 5.01 Å². The number of amidine groups is 1. The fourth-order valence-corrected chi connectivity index (χ4v) is 4.12. The van der Waals surface area contributed by atoms with Gasteiger partial charge in [0.25, 0.3) is 0 Å². The first-order chi connectivity index (χ1) is 13.1. The second kappa shape index (κ2) is 7.77. The maximum atomic E-state index is 6.61. The molecule has 0 bridgehead atoms. The van der Waals surface area contributed by atoms with Crippen LogP contribution in [0.4, 0.5) is 11.4 Å². The van der Waals surface area contributed by atoms with E-state index in [0.29, 0.717) is 19.8 Å². The van der Waals surface area contributed by atoms with Crippen molar-refractivity contribution in [3.8, 4) is 0 Å². The molecule has 0 aliphatic carbocycles. The minimum Gasteiger partial charge on any atom is -0.381 e. The number of hydrazine groups is 2. The van der Waals surface area contributed by atoms with E-state index >= 15 is 0 Å². The molecule has 27 heavy (non-hydrogen) atoms. The van der Waals surface area contributed by atoms with Gasteiger partial charge in [0.15, 0.2) is 0 Å². The van der Waals surface area contributed by atoms with Crippen LogP contribution < -0.4 is 21.7 Å². The normalized spacial score (nSPS) is 18.2. The molecule has 2 aliphatic heterocycles. The third-order valence-electron chi connectivity index (χ3n) is 5.04. The molecule has 4 N–H and O–H groups in total. The number of fused-ring (bicyclic) bond motifs is 1. The Morgan fingerprint density at radius 1 is 1.22 bits per heavy atom. The highest BCUT2D eigenvalue weighted by molar-refractivity contribution is 9.10. The van der Waals surface area contributed by atoms with Crippen LogP contribution in [0.5, 0.6) is 0 Å². The zero-order chi connectivity index (χ0) is 18.9. The summed E-state index contributed by atoms with van der Waals surface area (Å²) in [4.78, 5) is 4.88. The van der Waals surface area contributed by atoms with Gasteiger partial charge < -0.3 is 10.2 Å². The lowest BCUT2D eigenvalue weighted by atomic mass is 9.86. The SMILES string of the molecule is NN1c2cc(Br)ccc2N=C(NNCc2cccc(Cl)c2)C12CCOCC2. The molecule has 142 valence electrons. The van der Waals surface area contributed by atoms with Gasteiger partial charge in [-0.2, -0.15) is 0 Å². The zero-order valence-corrected chi connectivity index (χ0v) is 17.1. The van der Waals surface area contributed by atoms with Crippen molar-refractivity contribution in [1.82, 2.24) is 10.9 Å². The molecular weight excluding hydrogens is 430 g/mol. The van der Waals surface area contributed by atoms with Gasteiger partial charge in [-0.05, 0) is 35.9 Å². The second-order valence-corrected chi connectivity index (χ2v) is 8.07. The number of anilines is 1. The molecule has 2 aromatic rings. The van der Waals surface area contributed by atoms with Crippen LogP contribution in [-0.2, 0) is 11.3 Å². The Kier molecular flexibility index (Phi) is 5.39. The Hall–Kier alpha value is -1.64. The molecule has 8 heteroatoms. The van der Waals surface area contributed by atoms with Crippen molar-refractivity contribution in [2.45, 2.75) is 24.9 Å². The Balaban J connectivity index is 1.60. The lowest BCUT2D eigenvalue weighted by Crippen LogP contribution is -2.67. The third-order valence-corrected chi connectivity index (χ3v) is 5.77. The number of ether oxygens (including phenoxy) is 1. The van der Waals surface area contributed by atoms with E-state index in [0.717, 1.165) is 45.1 Å². The topological polar surface area (TPSA) is 74.9 Å². The number of halogens is 2.